The van der Waals surface area contributed by atoms with Crippen molar-refractivity contribution in [1.82, 2.24) is 5.32 Å². The topological polar surface area (TPSA) is 69.6 Å². The Morgan fingerprint density at radius 1 is 1.25 bits per heavy atom. The van der Waals surface area contributed by atoms with E-state index in [1.54, 1.807) is 6.92 Å². The first-order chi connectivity index (χ1) is 9.43. The summed E-state index contributed by atoms with van der Waals surface area (Å²) in [6.45, 7) is 1.74. The highest BCUT2D eigenvalue weighted by molar-refractivity contribution is 5.83. The monoisotopic (exact) mass is 278 g/mol. The van der Waals surface area contributed by atoms with Gasteiger partial charge in [-0.2, -0.15) is 0 Å². The summed E-state index contributed by atoms with van der Waals surface area (Å²) in [6, 6.07) is 7.17. The highest BCUT2D eigenvalue weighted by Gasteiger charge is 2.17. The fourth-order valence-electron chi connectivity index (χ4n) is 1.82. The van der Waals surface area contributed by atoms with Crippen molar-refractivity contribution in [3.8, 4) is 0 Å². The van der Waals surface area contributed by atoms with Gasteiger partial charge in [-0.15, -0.1) is 0 Å². The zero-order valence-corrected chi connectivity index (χ0v) is 12.2. The van der Waals surface area contributed by atoms with Crippen LogP contribution in [0.3, 0.4) is 0 Å². The molecule has 0 saturated carbocycles. The molecule has 0 aliphatic rings. The van der Waals surface area contributed by atoms with Gasteiger partial charge >= 0.3 is 5.97 Å². The summed E-state index contributed by atoms with van der Waals surface area (Å²) in [5.41, 5.74) is 2.17. The average molecular weight is 278 g/mol. The number of hydrogen-bond acceptors (Lipinski definition) is 3. The van der Waals surface area contributed by atoms with Crippen LogP contribution in [-0.2, 0) is 16.0 Å². The second-order valence-electron chi connectivity index (χ2n) is 4.93. The lowest BCUT2D eigenvalue weighted by Crippen LogP contribution is -2.40. The number of rotatable bonds is 7. The minimum Gasteiger partial charge on any atom is -0.480 e. The van der Waals surface area contributed by atoms with E-state index in [1.807, 2.05) is 43.3 Å². The van der Waals surface area contributed by atoms with Crippen molar-refractivity contribution < 1.29 is 14.7 Å². The average Bonchev–Trinajstić information content (AvgIpc) is 2.42. The third-order valence-electron chi connectivity index (χ3n) is 3.14. The van der Waals surface area contributed by atoms with Crippen molar-refractivity contribution in [2.75, 3.05) is 19.0 Å². The van der Waals surface area contributed by atoms with Gasteiger partial charge in [0.1, 0.15) is 6.04 Å². The molecule has 5 nitrogen and oxygen atoms in total. The van der Waals surface area contributed by atoms with E-state index < -0.39 is 12.0 Å². The Bertz CT molecular complexity index is 455. The predicted molar refractivity (Wildman–Crippen MR) is 78.9 cm³/mol. The maximum Gasteiger partial charge on any atom is 0.326 e. The van der Waals surface area contributed by atoms with Gasteiger partial charge in [0.2, 0.25) is 5.91 Å². The van der Waals surface area contributed by atoms with Gasteiger partial charge in [-0.25, -0.2) is 4.79 Å². The third-order valence-corrected chi connectivity index (χ3v) is 3.14. The standard InChI is InChI=1S/C15H22N2O3/c1-4-13(15(19)20)16-14(18)10-7-11-5-8-12(9-6-11)17(2)3/h5-6,8-9,13H,4,7,10H2,1-3H3,(H,16,18)(H,19,20)/t13-/m0/s1. The number of carboxylic acid groups (broad SMARTS) is 1. The molecule has 20 heavy (non-hydrogen) atoms. The van der Waals surface area contributed by atoms with Gasteiger partial charge in [-0.3, -0.25) is 4.79 Å². The van der Waals surface area contributed by atoms with Gasteiger partial charge in [-0.05, 0) is 30.5 Å². The largest absolute Gasteiger partial charge is 0.480 e. The molecule has 110 valence electrons. The van der Waals surface area contributed by atoms with Crippen LogP contribution in [0.15, 0.2) is 24.3 Å². The van der Waals surface area contributed by atoms with Crippen LogP contribution in [0.4, 0.5) is 5.69 Å². The van der Waals surface area contributed by atoms with E-state index in [1.165, 1.54) is 0 Å². The molecular formula is C15H22N2O3. The maximum absolute atomic E-state index is 11.7. The lowest BCUT2D eigenvalue weighted by Gasteiger charge is -2.13. The second kappa shape index (κ2) is 7.53. The number of carbonyl (C=O) groups excluding carboxylic acids is 1. The number of nitrogens with one attached hydrogen (secondary N) is 1. The van der Waals surface area contributed by atoms with E-state index in [-0.39, 0.29) is 5.91 Å². The van der Waals surface area contributed by atoms with E-state index >= 15 is 0 Å². The molecule has 0 spiro atoms. The van der Waals surface area contributed by atoms with Crippen molar-refractivity contribution >= 4 is 17.6 Å². The van der Waals surface area contributed by atoms with E-state index in [2.05, 4.69) is 5.32 Å². The first kappa shape index (κ1) is 16.0. The van der Waals surface area contributed by atoms with Crippen LogP contribution in [0.5, 0.6) is 0 Å². The van der Waals surface area contributed by atoms with E-state index in [0.717, 1.165) is 11.3 Å². The SMILES string of the molecule is CC[C@H](NC(=O)CCc1ccc(N(C)C)cc1)C(=O)O. The summed E-state index contributed by atoms with van der Waals surface area (Å²) in [7, 11) is 3.94. The molecule has 5 heteroatoms. The van der Waals surface area contributed by atoms with Crippen LogP contribution in [0.2, 0.25) is 0 Å². The summed E-state index contributed by atoms with van der Waals surface area (Å²) >= 11 is 0. The number of carboxylic acids is 1. The number of amides is 1. The number of hydrogen-bond donors (Lipinski definition) is 2. The number of anilines is 1. The van der Waals surface area contributed by atoms with E-state index in [0.29, 0.717) is 19.3 Å². The Labute approximate surface area is 119 Å². The van der Waals surface area contributed by atoms with Gasteiger partial charge in [0, 0.05) is 26.2 Å². The lowest BCUT2D eigenvalue weighted by molar-refractivity contribution is -0.141. The van der Waals surface area contributed by atoms with Gasteiger partial charge in [0.15, 0.2) is 0 Å². The number of carbonyl (C=O) groups is 2. The molecule has 0 radical (unpaired) electrons. The molecule has 0 fully saturated rings. The van der Waals surface area contributed by atoms with E-state index in [4.69, 9.17) is 5.11 Å². The Morgan fingerprint density at radius 3 is 2.30 bits per heavy atom. The zero-order valence-electron chi connectivity index (χ0n) is 12.2. The first-order valence-electron chi connectivity index (χ1n) is 6.72. The summed E-state index contributed by atoms with van der Waals surface area (Å²) < 4.78 is 0. The second-order valence-corrected chi connectivity index (χ2v) is 4.93. The minimum absolute atomic E-state index is 0.226. The van der Waals surface area contributed by atoms with Crippen LogP contribution in [0, 0.1) is 0 Å². The predicted octanol–water partition coefficient (Wildman–Crippen LogP) is 1.66. The summed E-state index contributed by atoms with van der Waals surface area (Å²) in [5, 5.41) is 11.4. The smallest absolute Gasteiger partial charge is 0.326 e. The zero-order chi connectivity index (χ0) is 15.1. The molecule has 2 N–H and O–H groups in total. The molecule has 0 aromatic heterocycles. The Balaban J connectivity index is 2.46. The molecule has 0 heterocycles. The number of aryl methyl sites for hydroxylation is 1. The third kappa shape index (κ3) is 4.91. The number of aliphatic carboxylic acids is 1. The summed E-state index contributed by atoms with van der Waals surface area (Å²) in [4.78, 5) is 24.5. The van der Waals surface area contributed by atoms with Gasteiger partial charge < -0.3 is 15.3 Å². The fourth-order valence-corrected chi connectivity index (χ4v) is 1.82. The highest BCUT2D eigenvalue weighted by atomic mass is 16.4. The molecule has 1 aromatic carbocycles. The van der Waals surface area contributed by atoms with Crippen LogP contribution < -0.4 is 10.2 Å². The maximum atomic E-state index is 11.7. The quantitative estimate of drug-likeness (QED) is 0.796. The van der Waals surface area contributed by atoms with Gasteiger partial charge in [-0.1, -0.05) is 19.1 Å². The molecule has 1 rings (SSSR count). The van der Waals surface area contributed by atoms with Crippen LogP contribution in [0.25, 0.3) is 0 Å². The normalized spacial score (nSPS) is 11.8. The molecule has 0 bridgehead atoms. The molecule has 0 saturated heterocycles. The summed E-state index contributed by atoms with van der Waals surface area (Å²) in [6.07, 6.45) is 1.29. The van der Waals surface area contributed by atoms with Gasteiger partial charge in [0.05, 0.1) is 0 Å². The van der Waals surface area contributed by atoms with Gasteiger partial charge in [0.25, 0.3) is 0 Å². The van der Waals surface area contributed by atoms with Crippen molar-refractivity contribution in [2.45, 2.75) is 32.2 Å². The number of nitrogens with zero attached hydrogens (tertiary/aromatic N) is 1. The van der Waals surface area contributed by atoms with Crippen LogP contribution in [0.1, 0.15) is 25.3 Å². The molecule has 1 atom stereocenters. The lowest BCUT2D eigenvalue weighted by atomic mass is 10.1. The molecule has 0 aliphatic carbocycles. The summed E-state index contributed by atoms with van der Waals surface area (Å²) in [5.74, 6) is -1.22. The molecule has 1 amide bonds. The van der Waals surface area contributed by atoms with E-state index in [9.17, 15) is 9.59 Å². The molecule has 0 unspecified atom stereocenters. The Kier molecular flexibility index (Phi) is 6.03. The first-order valence-corrected chi connectivity index (χ1v) is 6.72. The number of benzene rings is 1. The highest BCUT2D eigenvalue weighted by Crippen LogP contribution is 2.13. The van der Waals surface area contributed by atoms with Crippen LogP contribution in [-0.4, -0.2) is 37.1 Å². The van der Waals surface area contributed by atoms with Crippen molar-refractivity contribution in [2.24, 2.45) is 0 Å². The fraction of sp³-hybridized carbons (Fsp3) is 0.467. The molecule has 0 aliphatic heterocycles. The Morgan fingerprint density at radius 2 is 1.85 bits per heavy atom. The molecule has 1 aromatic rings. The van der Waals surface area contributed by atoms with Crippen molar-refractivity contribution in [3.63, 3.8) is 0 Å². The van der Waals surface area contributed by atoms with Crippen molar-refractivity contribution in [1.29, 1.82) is 0 Å². The van der Waals surface area contributed by atoms with Crippen molar-refractivity contribution in [3.05, 3.63) is 29.8 Å². The Hall–Kier alpha value is -2.04. The molecular weight excluding hydrogens is 256 g/mol. The van der Waals surface area contributed by atoms with Crippen LogP contribution >= 0.6 is 0 Å². The minimum atomic E-state index is -0.990.